The van der Waals surface area contributed by atoms with Crippen LogP contribution in [0.25, 0.3) is 22.9 Å². The van der Waals surface area contributed by atoms with Crippen molar-refractivity contribution in [1.29, 1.82) is 0 Å². The highest BCUT2D eigenvalue weighted by Gasteiger charge is 2.22. The van der Waals surface area contributed by atoms with Crippen molar-refractivity contribution in [2.45, 2.75) is 110 Å². The summed E-state index contributed by atoms with van der Waals surface area (Å²) in [5.41, 5.74) is 4.84. The van der Waals surface area contributed by atoms with Gasteiger partial charge in [-0.15, -0.1) is 10.2 Å². The van der Waals surface area contributed by atoms with E-state index in [2.05, 4.69) is 72.6 Å². The SMILES string of the molecule is CCCCCCCc1ccc(-c2nnc(-c3ccc(C4CCC(CCCCC)CC4)cc3)o2)cc1. The van der Waals surface area contributed by atoms with Gasteiger partial charge in [0.2, 0.25) is 11.8 Å². The second-order valence-electron chi connectivity index (χ2n) is 10.6. The Balaban J connectivity index is 1.29. The second kappa shape index (κ2) is 13.6. The quantitative estimate of drug-likeness (QED) is 0.232. The predicted octanol–water partition coefficient (Wildman–Crippen LogP) is 9.77. The molecule has 0 unspecified atom stereocenters. The van der Waals surface area contributed by atoms with Gasteiger partial charge >= 0.3 is 0 Å². The van der Waals surface area contributed by atoms with Crippen molar-refractivity contribution in [3.63, 3.8) is 0 Å². The molecule has 0 amide bonds. The monoisotopic (exact) mass is 472 g/mol. The van der Waals surface area contributed by atoms with Gasteiger partial charge in [0.15, 0.2) is 0 Å². The lowest BCUT2D eigenvalue weighted by Gasteiger charge is -2.29. The molecule has 188 valence electrons. The van der Waals surface area contributed by atoms with Crippen LogP contribution in [0.1, 0.15) is 114 Å². The van der Waals surface area contributed by atoms with E-state index >= 15 is 0 Å². The van der Waals surface area contributed by atoms with Crippen LogP contribution in [0.5, 0.6) is 0 Å². The zero-order chi connectivity index (χ0) is 24.3. The molecule has 2 aromatic carbocycles. The Morgan fingerprint density at radius 2 is 1.23 bits per heavy atom. The Hall–Kier alpha value is -2.42. The number of rotatable bonds is 13. The fraction of sp³-hybridized carbons (Fsp3) is 0.562. The van der Waals surface area contributed by atoms with Crippen LogP contribution in [0.2, 0.25) is 0 Å². The van der Waals surface area contributed by atoms with Crippen LogP contribution in [0.4, 0.5) is 0 Å². The van der Waals surface area contributed by atoms with Gasteiger partial charge in [0, 0.05) is 11.1 Å². The highest BCUT2D eigenvalue weighted by atomic mass is 16.4. The first kappa shape index (κ1) is 25.7. The number of nitrogens with zero attached hydrogens (tertiary/aromatic N) is 2. The Labute approximate surface area is 212 Å². The van der Waals surface area contributed by atoms with Crippen LogP contribution in [-0.4, -0.2) is 10.2 Å². The van der Waals surface area contributed by atoms with E-state index in [4.69, 9.17) is 4.42 Å². The highest BCUT2D eigenvalue weighted by molar-refractivity contribution is 5.58. The maximum Gasteiger partial charge on any atom is 0.248 e. The molecule has 0 radical (unpaired) electrons. The fourth-order valence-corrected chi connectivity index (χ4v) is 5.57. The van der Waals surface area contributed by atoms with Crippen LogP contribution in [-0.2, 0) is 6.42 Å². The van der Waals surface area contributed by atoms with E-state index in [0.29, 0.717) is 17.7 Å². The molecule has 3 nitrogen and oxygen atoms in total. The van der Waals surface area contributed by atoms with E-state index in [9.17, 15) is 0 Å². The first-order valence-electron chi connectivity index (χ1n) is 14.3. The molecule has 1 heterocycles. The van der Waals surface area contributed by atoms with E-state index in [0.717, 1.165) is 23.5 Å². The lowest BCUT2D eigenvalue weighted by molar-refractivity contribution is 0.303. The number of aromatic nitrogens is 2. The van der Waals surface area contributed by atoms with Gasteiger partial charge in [-0.2, -0.15) is 0 Å². The molecule has 1 saturated carbocycles. The molecule has 3 aromatic rings. The zero-order valence-electron chi connectivity index (χ0n) is 22.0. The van der Waals surface area contributed by atoms with Gasteiger partial charge in [0.1, 0.15) is 0 Å². The van der Waals surface area contributed by atoms with Crippen LogP contribution < -0.4 is 0 Å². The Morgan fingerprint density at radius 1 is 0.657 bits per heavy atom. The normalized spacial score (nSPS) is 18.1. The van der Waals surface area contributed by atoms with Gasteiger partial charge < -0.3 is 4.42 Å². The standard InChI is InChI=1S/C32H44N2O/c1-3-5-7-8-10-12-26-15-19-29(20-16-26)31-33-34-32(35-31)30-23-21-28(22-24-30)27-17-13-25(14-18-27)11-9-6-4-2/h15-16,19-25,27H,3-14,17-18H2,1-2H3. The third kappa shape index (κ3) is 7.53. The fourth-order valence-electron chi connectivity index (χ4n) is 5.57. The van der Waals surface area contributed by atoms with Gasteiger partial charge in [-0.05, 0) is 85.8 Å². The van der Waals surface area contributed by atoms with Crippen molar-refractivity contribution in [2.24, 2.45) is 5.92 Å². The van der Waals surface area contributed by atoms with Gasteiger partial charge in [0.25, 0.3) is 0 Å². The minimum Gasteiger partial charge on any atom is -0.416 e. The second-order valence-corrected chi connectivity index (χ2v) is 10.6. The van der Waals surface area contributed by atoms with E-state index in [1.165, 1.54) is 94.6 Å². The maximum absolute atomic E-state index is 6.04. The van der Waals surface area contributed by atoms with Crippen molar-refractivity contribution in [2.75, 3.05) is 0 Å². The number of unbranched alkanes of at least 4 members (excludes halogenated alkanes) is 6. The smallest absolute Gasteiger partial charge is 0.248 e. The van der Waals surface area contributed by atoms with Crippen molar-refractivity contribution in [1.82, 2.24) is 10.2 Å². The summed E-state index contributed by atoms with van der Waals surface area (Å²) >= 11 is 0. The molecule has 0 N–H and O–H groups in total. The molecule has 0 bridgehead atoms. The third-order valence-corrected chi connectivity index (χ3v) is 7.89. The lowest BCUT2D eigenvalue weighted by atomic mass is 9.77. The summed E-state index contributed by atoms with van der Waals surface area (Å²) < 4.78 is 6.04. The molecule has 3 heteroatoms. The molecule has 4 rings (SSSR count). The first-order chi connectivity index (χ1) is 17.3. The van der Waals surface area contributed by atoms with Gasteiger partial charge in [-0.25, -0.2) is 0 Å². The zero-order valence-corrected chi connectivity index (χ0v) is 22.0. The molecular weight excluding hydrogens is 428 g/mol. The molecular formula is C32H44N2O. The molecule has 0 atom stereocenters. The molecule has 1 aliphatic rings. The summed E-state index contributed by atoms with van der Waals surface area (Å²) in [5.74, 6) is 2.86. The van der Waals surface area contributed by atoms with Crippen LogP contribution in [0, 0.1) is 5.92 Å². The summed E-state index contributed by atoms with van der Waals surface area (Å²) in [4.78, 5) is 0. The Kier molecular flexibility index (Phi) is 9.98. The molecule has 0 spiro atoms. The van der Waals surface area contributed by atoms with E-state index < -0.39 is 0 Å². The third-order valence-electron chi connectivity index (χ3n) is 7.89. The average molecular weight is 473 g/mol. The minimum atomic E-state index is 0.597. The van der Waals surface area contributed by atoms with Gasteiger partial charge in [0.05, 0.1) is 0 Å². The highest BCUT2D eigenvalue weighted by Crippen LogP contribution is 2.38. The van der Waals surface area contributed by atoms with Gasteiger partial charge in [-0.1, -0.05) is 89.5 Å². The number of benzene rings is 2. The van der Waals surface area contributed by atoms with Crippen LogP contribution >= 0.6 is 0 Å². The van der Waals surface area contributed by atoms with Crippen LogP contribution in [0.3, 0.4) is 0 Å². The molecule has 1 fully saturated rings. The van der Waals surface area contributed by atoms with E-state index in [1.807, 2.05) is 0 Å². The number of hydrogen-bond acceptors (Lipinski definition) is 3. The van der Waals surface area contributed by atoms with Crippen LogP contribution in [0.15, 0.2) is 52.9 Å². The van der Waals surface area contributed by atoms with Crippen molar-refractivity contribution in [3.8, 4) is 22.9 Å². The largest absolute Gasteiger partial charge is 0.416 e. The molecule has 1 aromatic heterocycles. The number of aryl methyl sites for hydroxylation is 1. The summed E-state index contributed by atoms with van der Waals surface area (Å²) in [6, 6.07) is 17.5. The Bertz CT molecular complexity index is 981. The van der Waals surface area contributed by atoms with Gasteiger partial charge in [-0.3, -0.25) is 0 Å². The topological polar surface area (TPSA) is 38.9 Å². The van der Waals surface area contributed by atoms with Crippen molar-refractivity contribution in [3.05, 3.63) is 59.7 Å². The number of hydrogen-bond donors (Lipinski definition) is 0. The van der Waals surface area contributed by atoms with E-state index in [1.54, 1.807) is 0 Å². The lowest BCUT2D eigenvalue weighted by Crippen LogP contribution is -2.13. The Morgan fingerprint density at radius 3 is 1.86 bits per heavy atom. The van der Waals surface area contributed by atoms with Crippen molar-refractivity contribution < 1.29 is 4.42 Å². The summed E-state index contributed by atoms with van der Waals surface area (Å²) in [5, 5.41) is 8.66. The summed E-state index contributed by atoms with van der Waals surface area (Å²) in [7, 11) is 0. The summed E-state index contributed by atoms with van der Waals surface area (Å²) in [6.45, 7) is 4.56. The van der Waals surface area contributed by atoms with Crippen molar-refractivity contribution >= 4 is 0 Å². The van der Waals surface area contributed by atoms with E-state index in [-0.39, 0.29) is 0 Å². The predicted molar refractivity (Wildman–Crippen MR) is 146 cm³/mol. The average Bonchev–Trinajstić information content (AvgIpc) is 3.40. The molecule has 35 heavy (non-hydrogen) atoms. The molecule has 0 saturated heterocycles. The molecule has 1 aliphatic carbocycles. The first-order valence-corrected chi connectivity index (χ1v) is 14.3. The minimum absolute atomic E-state index is 0.597. The molecule has 0 aliphatic heterocycles. The maximum atomic E-state index is 6.04. The summed E-state index contributed by atoms with van der Waals surface area (Å²) in [6.07, 6.45) is 18.7.